The lowest BCUT2D eigenvalue weighted by atomic mass is 9.55. The van der Waals surface area contributed by atoms with Crippen LogP contribution in [0.1, 0.15) is 130 Å². The zero-order chi connectivity index (χ0) is 37.7. The van der Waals surface area contributed by atoms with Crippen LogP contribution < -0.4 is 5.73 Å². The summed E-state index contributed by atoms with van der Waals surface area (Å²) in [5.74, 6) is 0. The Morgan fingerprint density at radius 1 is 0.521 bits per heavy atom. The van der Waals surface area contributed by atoms with Crippen LogP contribution in [0.5, 0.6) is 0 Å². The fourth-order valence-corrected chi connectivity index (χ4v) is 5.91. The van der Waals surface area contributed by atoms with Gasteiger partial charge in [0, 0.05) is 36.7 Å². The maximum absolute atomic E-state index is 10.4. The van der Waals surface area contributed by atoms with E-state index in [1.807, 2.05) is 27.7 Å². The second-order valence-corrected chi connectivity index (χ2v) is 18.1. The predicted octanol–water partition coefficient (Wildman–Crippen LogP) is 5.90. The second-order valence-electron chi connectivity index (χ2n) is 18.1. The molecular weight excluding hydrogens is 614 g/mol. The van der Waals surface area contributed by atoms with E-state index in [9.17, 15) is 15.3 Å². The second kappa shape index (κ2) is 19.4. The minimum Gasteiger partial charge on any atom is -0.390 e. The molecule has 0 fully saturated rings. The third-order valence-electron chi connectivity index (χ3n) is 9.27. The summed E-state index contributed by atoms with van der Waals surface area (Å²) in [6.45, 7) is 33.4. The molecule has 0 spiro atoms. The summed E-state index contributed by atoms with van der Waals surface area (Å²) in [5.41, 5.74) is 1.64. The number of ether oxygens (including phenoxy) is 6. The first-order valence-corrected chi connectivity index (χ1v) is 18.1. The highest BCUT2D eigenvalue weighted by atomic mass is 16.5. The van der Waals surface area contributed by atoms with Crippen molar-refractivity contribution < 1.29 is 43.7 Å². The van der Waals surface area contributed by atoms with Gasteiger partial charge < -0.3 is 49.5 Å². The van der Waals surface area contributed by atoms with Gasteiger partial charge in [-0.25, -0.2) is 0 Å². The Hall–Kier alpha value is -0.400. The van der Waals surface area contributed by atoms with Crippen molar-refractivity contribution in [1.29, 1.82) is 0 Å². The van der Waals surface area contributed by atoms with E-state index in [2.05, 4.69) is 34.6 Å². The smallest absolute Gasteiger partial charge is 0.0783 e. The van der Waals surface area contributed by atoms with Crippen LogP contribution in [0.15, 0.2) is 0 Å². The Balaban J connectivity index is 6.92. The van der Waals surface area contributed by atoms with Crippen molar-refractivity contribution in [3.05, 3.63) is 0 Å². The summed E-state index contributed by atoms with van der Waals surface area (Å²) in [4.78, 5) is 0. The van der Waals surface area contributed by atoms with E-state index < -0.39 is 44.9 Å². The average molecular weight is 694 g/mol. The van der Waals surface area contributed by atoms with Gasteiger partial charge in [0.05, 0.1) is 74.3 Å². The summed E-state index contributed by atoms with van der Waals surface area (Å²) < 4.78 is 37.8. The Morgan fingerprint density at radius 3 is 1.38 bits per heavy atom. The van der Waals surface area contributed by atoms with Gasteiger partial charge in [-0.15, -0.1) is 0 Å². The predicted molar refractivity (Wildman–Crippen MR) is 194 cm³/mol. The molecule has 0 aliphatic heterocycles. The van der Waals surface area contributed by atoms with E-state index in [-0.39, 0.29) is 12.0 Å². The summed E-state index contributed by atoms with van der Waals surface area (Å²) in [6, 6.07) is -0.568. The molecular formula is C38H79NO9. The first-order chi connectivity index (χ1) is 21.6. The van der Waals surface area contributed by atoms with Gasteiger partial charge in [-0.05, 0) is 114 Å². The largest absolute Gasteiger partial charge is 0.390 e. The van der Waals surface area contributed by atoms with Gasteiger partial charge in [0.2, 0.25) is 0 Å². The Bertz CT molecular complexity index is 863. The van der Waals surface area contributed by atoms with Gasteiger partial charge in [-0.1, -0.05) is 20.8 Å². The van der Waals surface area contributed by atoms with E-state index >= 15 is 0 Å². The van der Waals surface area contributed by atoms with Crippen molar-refractivity contribution in [2.45, 2.75) is 164 Å². The summed E-state index contributed by atoms with van der Waals surface area (Å²) in [5, 5.41) is 31.1. The molecule has 0 saturated heterocycles. The standard InChI is InChI=1S/C38H79NO9/c1-16-43-26-37(15,27-44-17-2)28-46-29-38(24-35(11,12)47-22-19-33(7,8)41,31(3,4)25-45-21-18-32(5,6)40)30(39)36(13,14)48-23-20-34(9,10)42/h30,40-42H,16-29,39H2,1-15H3. The number of hydrogen-bond donors (Lipinski definition) is 4. The molecule has 2 atom stereocenters. The van der Waals surface area contributed by atoms with Crippen LogP contribution in [0.3, 0.4) is 0 Å². The van der Waals surface area contributed by atoms with Crippen LogP contribution in [0.2, 0.25) is 0 Å². The number of rotatable bonds is 28. The molecule has 0 radical (unpaired) electrons. The number of hydrogen-bond acceptors (Lipinski definition) is 10. The van der Waals surface area contributed by atoms with E-state index in [0.717, 1.165) is 0 Å². The third-order valence-corrected chi connectivity index (χ3v) is 9.27. The van der Waals surface area contributed by atoms with Gasteiger partial charge in [0.25, 0.3) is 0 Å². The van der Waals surface area contributed by atoms with Crippen molar-refractivity contribution in [2.24, 2.45) is 22.0 Å². The number of aliphatic hydroxyl groups is 3. The van der Waals surface area contributed by atoms with Crippen molar-refractivity contribution in [3.8, 4) is 0 Å². The van der Waals surface area contributed by atoms with Crippen LogP contribution in [-0.4, -0.2) is 115 Å². The van der Waals surface area contributed by atoms with Gasteiger partial charge in [0.15, 0.2) is 0 Å². The molecule has 2 unspecified atom stereocenters. The zero-order valence-corrected chi connectivity index (χ0v) is 33.8. The van der Waals surface area contributed by atoms with Crippen molar-refractivity contribution in [1.82, 2.24) is 0 Å². The van der Waals surface area contributed by atoms with Gasteiger partial charge >= 0.3 is 0 Å². The van der Waals surface area contributed by atoms with Crippen LogP contribution in [-0.2, 0) is 28.4 Å². The lowest BCUT2D eigenvalue weighted by molar-refractivity contribution is -0.184. The normalized spacial score (nSPS) is 16.3. The average Bonchev–Trinajstić information content (AvgIpc) is 2.90. The molecule has 0 bridgehead atoms. The molecule has 0 aromatic carbocycles. The van der Waals surface area contributed by atoms with E-state index in [1.54, 1.807) is 41.5 Å². The maximum atomic E-state index is 10.4. The van der Waals surface area contributed by atoms with Gasteiger partial charge in [-0.3, -0.25) is 0 Å². The highest BCUT2D eigenvalue weighted by Crippen LogP contribution is 2.51. The molecule has 5 N–H and O–H groups in total. The molecule has 0 rings (SSSR count). The zero-order valence-electron chi connectivity index (χ0n) is 33.8. The van der Waals surface area contributed by atoms with Crippen molar-refractivity contribution >= 4 is 0 Å². The van der Waals surface area contributed by atoms with Crippen LogP contribution in [0.25, 0.3) is 0 Å². The molecule has 10 heteroatoms. The fraction of sp³-hybridized carbons (Fsp3) is 1.00. The minimum absolute atomic E-state index is 0.278. The minimum atomic E-state index is -0.879. The highest BCUT2D eigenvalue weighted by Gasteiger charge is 2.57. The SMILES string of the molecule is CCOCC(C)(COCC)COCC(CC(C)(C)OCCC(C)(C)O)(C(N)C(C)(C)OCCC(C)(C)O)C(C)(C)COCCC(C)(C)O. The summed E-state index contributed by atoms with van der Waals surface area (Å²) >= 11 is 0. The monoisotopic (exact) mass is 694 g/mol. The van der Waals surface area contributed by atoms with Gasteiger partial charge in [0.1, 0.15) is 0 Å². The molecule has 10 nitrogen and oxygen atoms in total. The Morgan fingerprint density at radius 2 is 0.938 bits per heavy atom. The maximum Gasteiger partial charge on any atom is 0.0783 e. The molecule has 0 aliphatic carbocycles. The van der Waals surface area contributed by atoms with E-state index in [0.29, 0.717) is 85.1 Å². The number of nitrogens with two attached hydrogens (primary N) is 1. The molecule has 0 heterocycles. The highest BCUT2D eigenvalue weighted by molar-refractivity contribution is 5.08. The molecule has 0 aliphatic rings. The topological polar surface area (TPSA) is 142 Å². The third kappa shape index (κ3) is 18.7. The van der Waals surface area contributed by atoms with Crippen LogP contribution in [0, 0.1) is 16.2 Å². The lowest BCUT2D eigenvalue weighted by Gasteiger charge is -2.56. The van der Waals surface area contributed by atoms with Gasteiger partial charge in [-0.2, -0.15) is 0 Å². The van der Waals surface area contributed by atoms with E-state index in [1.165, 1.54) is 0 Å². The first-order valence-electron chi connectivity index (χ1n) is 18.1. The van der Waals surface area contributed by atoms with E-state index in [4.69, 9.17) is 34.2 Å². The lowest BCUT2D eigenvalue weighted by Crippen LogP contribution is -2.66. The molecule has 0 saturated carbocycles. The van der Waals surface area contributed by atoms with Crippen LogP contribution in [0.4, 0.5) is 0 Å². The first kappa shape index (κ1) is 47.6. The molecule has 290 valence electrons. The van der Waals surface area contributed by atoms with Crippen molar-refractivity contribution in [3.63, 3.8) is 0 Å². The molecule has 48 heavy (non-hydrogen) atoms. The van der Waals surface area contributed by atoms with Crippen molar-refractivity contribution in [2.75, 3.05) is 66.1 Å². The van der Waals surface area contributed by atoms with Crippen LogP contribution >= 0.6 is 0 Å². The Kier molecular flexibility index (Phi) is 19.3. The Labute approximate surface area is 295 Å². The molecule has 0 amide bonds. The molecule has 0 aromatic heterocycles. The summed E-state index contributed by atoms with van der Waals surface area (Å²) in [6.07, 6.45) is 1.92. The molecule has 0 aromatic rings. The summed E-state index contributed by atoms with van der Waals surface area (Å²) in [7, 11) is 0. The fourth-order valence-electron chi connectivity index (χ4n) is 5.91. The quantitative estimate of drug-likeness (QED) is 0.0732.